The van der Waals surface area contributed by atoms with Crippen molar-refractivity contribution in [1.82, 2.24) is 0 Å². The van der Waals surface area contributed by atoms with Gasteiger partial charge in [0.25, 0.3) is 0 Å². The predicted octanol–water partition coefficient (Wildman–Crippen LogP) is 4.06. The lowest BCUT2D eigenvalue weighted by molar-refractivity contribution is -0.000552. The molecule has 0 aliphatic rings. The van der Waals surface area contributed by atoms with Crippen molar-refractivity contribution >= 4 is 0 Å². The van der Waals surface area contributed by atoms with E-state index in [1.807, 2.05) is 49.4 Å². The number of aliphatic hydroxyl groups is 2. The fourth-order valence-electron chi connectivity index (χ4n) is 3.30. The van der Waals surface area contributed by atoms with Crippen LogP contribution in [0.2, 0.25) is 0 Å². The molecule has 2 unspecified atom stereocenters. The molecule has 31 heavy (non-hydrogen) atoms. The van der Waals surface area contributed by atoms with Gasteiger partial charge in [0, 0.05) is 0 Å². The molecule has 6 nitrogen and oxygen atoms in total. The molecule has 6 heteroatoms. The molecular weight excluding hydrogens is 396 g/mol. The highest BCUT2D eigenvalue weighted by molar-refractivity contribution is 5.50. The van der Waals surface area contributed by atoms with Gasteiger partial charge in [-0.15, -0.1) is 0 Å². The third-order valence-corrected chi connectivity index (χ3v) is 4.93. The van der Waals surface area contributed by atoms with Crippen LogP contribution in [0.5, 0.6) is 23.0 Å². The van der Waals surface area contributed by atoms with E-state index in [0.717, 1.165) is 11.1 Å². The van der Waals surface area contributed by atoms with Gasteiger partial charge in [0.15, 0.2) is 29.1 Å². The van der Waals surface area contributed by atoms with Crippen molar-refractivity contribution in [2.45, 2.75) is 25.7 Å². The minimum atomic E-state index is -1.09. The van der Waals surface area contributed by atoms with Crippen LogP contribution in [-0.4, -0.2) is 37.1 Å². The summed E-state index contributed by atoms with van der Waals surface area (Å²) in [5, 5.41) is 20.8. The van der Waals surface area contributed by atoms with Crippen molar-refractivity contribution in [2.24, 2.45) is 0 Å². The van der Waals surface area contributed by atoms with Crippen LogP contribution >= 0.6 is 0 Å². The number of aryl methyl sites for hydroxylation is 1. The van der Waals surface area contributed by atoms with Gasteiger partial charge < -0.3 is 29.2 Å². The number of rotatable bonds is 10. The van der Waals surface area contributed by atoms with E-state index in [0.29, 0.717) is 35.2 Å². The van der Waals surface area contributed by atoms with Gasteiger partial charge in [-0.25, -0.2) is 0 Å². The van der Waals surface area contributed by atoms with Crippen LogP contribution in [0.25, 0.3) is 0 Å². The molecule has 0 heterocycles. The van der Waals surface area contributed by atoms with E-state index < -0.39 is 12.2 Å². The molecule has 0 radical (unpaired) electrons. The van der Waals surface area contributed by atoms with E-state index in [1.54, 1.807) is 31.4 Å². The van der Waals surface area contributed by atoms with Gasteiger partial charge in [-0.2, -0.15) is 0 Å². The third-order valence-electron chi connectivity index (χ3n) is 4.93. The zero-order valence-electron chi connectivity index (χ0n) is 17.9. The maximum atomic E-state index is 10.9. The van der Waals surface area contributed by atoms with Gasteiger partial charge in [-0.05, 0) is 47.9 Å². The van der Waals surface area contributed by atoms with Crippen LogP contribution < -0.4 is 18.9 Å². The summed E-state index contributed by atoms with van der Waals surface area (Å²) in [5.74, 6) is 2.06. The van der Waals surface area contributed by atoms with Gasteiger partial charge in [-0.1, -0.05) is 42.5 Å². The molecule has 3 aromatic rings. The first-order valence-corrected chi connectivity index (χ1v) is 10.0. The summed E-state index contributed by atoms with van der Waals surface area (Å²) >= 11 is 0. The van der Waals surface area contributed by atoms with Gasteiger partial charge in [0.2, 0.25) is 0 Å². The van der Waals surface area contributed by atoms with Crippen molar-refractivity contribution in [2.75, 3.05) is 20.8 Å². The molecule has 0 saturated heterocycles. The Morgan fingerprint density at radius 1 is 0.839 bits per heavy atom. The minimum absolute atomic E-state index is 0.382. The number of ether oxygens (including phenoxy) is 4. The topological polar surface area (TPSA) is 77.4 Å². The lowest BCUT2D eigenvalue weighted by atomic mass is 10.0. The quantitative estimate of drug-likeness (QED) is 0.511. The van der Waals surface area contributed by atoms with E-state index in [1.165, 1.54) is 7.11 Å². The highest BCUT2D eigenvalue weighted by Crippen LogP contribution is 2.37. The number of hydrogen-bond donors (Lipinski definition) is 2. The Balaban J connectivity index is 1.81. The van der Waals surface area contributed by atoms with Crippen LogP contribution in [0.1, 0.15) is 22.8 Å². The lowest BCUT2D eigenvalue weighted by Crippen LogP contribution is -2.29. The molecule has 2 atom stereocenters. The summed E-state index contributed by atoms with van der Waals surface area (Å²) in [6, 6.07) is 20.4. The van der Waals surface area contributed by atoms with E-state index >= 15 is 0 Å². The molecular formula is C25H28O6. The molecule has 0 amide bonds. The summed E-state index contributed by atoms with van der Waals surface area (Å²) in [7, 11) is 3.09. The number of para-hydroxylation sites is 2. The van der Waals surface area contributed by atoms with E-state index in [2.05, 4.69) is 0 Å². The average molecular weight is 424 g/mol. The van der Waals surface area contributed by atoms with Crippen molar-refractivity contribution in [1.29, 1.82) is 0 Å². The second-order valence-electron chi connectivity index (χ2n) is 7.08. The second-order valence-corrected chi connectivity index (χ2v) is 7.08. The maximum absolute atomic E-state index is 10.9. The lowest BCUT2D eigenvalue weighted by Gasteiger charge is -2.25. The van der Waals surface area contributed by atoms with Crippen LogP contribution in [-0.2, 0) is 6.61 Å². The smallest absolute Gasteiger partial charge is 0.164 e. The van der Waals surface area contributed by atoms with Gasteiger partial charge >= 0.3 is 0 Å². The molecule has 0 aromatic heterocycles. The molecule has 0 aliphatic carbocycles. The summed E-state index contributed by atoms with van der Waals surface area (Å²) in [5.41, 5.74) is 2.40. The Kier molecular flexibility index (Phi) is 7.76. The Hall–Kier alpha value is -3.22. The Bertz CT molecular complexity index is 973. The molecule has 0 bridgehead atoms. The van der Waals surface area contributed by atoms with E-state index in [4.69, 9.17) is 18.9 Å². The first kappa shape index (κ1) is 22.5. The minimum Gasteiger partial charge on any atom is -0.493 e. The zero-order valence-corrected chi connectivity index (χ0v) is 17.9. The highest BCUT2D eigenvalue weighted by atomic mass is 16.5. The number of methoxy groups -OCH3 is 2. The maximum Gasteiger partial charge on any atom is 0.164 e. The van der Waals surface area contributed by atoms with Crippen LogP contribution in [0.4, 0.5) is 0 Å². The Morgan fingerprint density at radius 2 is 1.48 bits per heavy atom. The first-order valence-electron chi connectivity index (χ1n) is 10.0. The summed E-state index contributed by atoms with van der Waals surface area (Å²) in [6.45, 7) is 1.90. The standard InChI is InChI=1S/C25H28O6/c1-17-13-19(14-22(29-3)25(17)30-16-18-9-5-4-6-10-18)24(27)23(15-26)31-21-12-8-7-11-20(21)28-2/h4-14,23-24,26-27H,15-16H2,1-3H3. The van der Waals surface area contributed by atoms with Gasteiger partial charge in [-0.3, -0.25) is 0 Å². The van der Waals surface area contributed by atoms with Crippen LogP contribution in [0, 0.1) is 6.92 Å². The predicted molar refractivity (Wildman–Crippen MR) is 118 cm³/mol. The number of aliphatic hydroxyl groups excluding tert-OH is 2. The summed E-state index contributed by atoms with van der Waals surface area (Å²) in [4.78, 5) is 0. The zero-order chi connectivity index (χ0) is 22.2. The van der Waals surface area contributed by atoms with Crippen LogP contribution in [0.15, 0.2) is 66.7 Å². The summed E-state index contributed by atoms with van der Waals surface area (Å²) in [6.07, 6.45) is -1.98. The van der Waals surface area contributed by atoms with Crippen molar-refractivity contribution in [3.8, 4) is 23.0 Å². The number of benzene rings is 3. The van der Waals surface area contributed by atoms with Gasteiger partial charge in [0.05, 0.1) is 20.8 Å². The Labute approximate surface area is 182 Å². The monoisotopic (exact) mass is 424 g/mol. The second kappa shape index (κ2) is 10.7. The Morgan fingerprint density at radius 3 is 2.13 bits per heavy atom. The SMILES string of the molecule is COc1ccccc1OC(CO)C(O)c1cc(C)c(OCc2ccccc2)c(OC)c1. The first-order chi connectivity index (χ1) is 15.1. The molecule has 164 valence electrons. The molecule has 0 fully saturated rings. The normalized spacial score (nSPS) is 12.7. The fourth-order valence-corrected chi connectivity index (χ4v) is 3.30. The van der Waals surface area contributed by atoms with Crippen molar-refractivity contribution in [3.63, 3.8) is 0 Å². The van der Waals surface area contributed by atoms with Gasteiger partial charge in [0.1, 0.15) is 12.7 Å². The molecule has 0 aliphatic heterocycles. The molecule has 2 N–H and O–H groups in total. The summed E-state index contributed by atoms with van der Waals surface area (Å²) < 4.78 is 22.6. The molecule has 3 aromatic carbocycles. The largest absolute Gasteiger partial charge is 0.493 e. The van der Waals surface area contributed by atoms with E-state index in [9.17, 15) is 10.2 Å². The van der Waals surface area contributed by atoms with Crippen LogP contribution in [0.3, 0.4) is 0 Å². The fraction of sp³-hybridized carbons (Fsp3) is 0.280. The average Bonchev–Trinajstić information content (AvgIpc) is 2.81. The third kappa shape index (κ3) is 5.48. The van der Waals surface area contributed by atoms with E-state index in [-0.39, 0.29) is 6.61 Å². The molecule has 3 rings (SSSR count). The highest BCUT2D eigenvalue weighted by Gasteiger charge is 2.25. The number of hydrogen-bond acceptors (Lipinski definition) is 6. The van der Waals surface area contributed by atoms with Crippen molar-refractivity contribution in [3.05, 3.63) is 83.4 Å². The van der Waals surface area contributed by atoms with Crippen molar-refractivity contribution < 1.29 is 29.2 Å². The molecule has 0 saturated carbocycles. The molecule has 0 spiro atoms.